The van der Waals surface area contributed by atoms with E-state index >= 15 is 0 Å². The van der Waals surface area contributed by atoms with Crippen molar-refractivity contribution in [2.24, 2.45) is 0 Å². The van der Waals surface area contributed by atoms with E-state index < -0.39 is 0 Å². The summed E-state index contributed by atoms with van der Waals surface area (Å²) in [5, 5.41) is 3.82. The van der Waals surface area contributed by atoms with Crippen molar-refractivity contribution in [2.75, 3.05) is 0 Å². The van der Waals surface area contributed by atoms with E-state index in [-0.39, 0.29) is 12.4 Å². The van der Waals surface area contributed by atoms with Crippen molar-refractivity contribution in [3.05, 3.63) is 71.3 Å². The third-order valence-electron chi connectivity index (χ3n) is 4.71. The molecule has 2 aromatic carbocycles. The lowest BCUT2D eigenvalue weighted by Crippen LogP contribution is -2.28. The van der Waals surface area contributed by atoms with Gasteiger partial charge >= 0.3 is 0 Å². The van der Waals surface area contributed by atoms with Crippen molar-refractivity contribution in [2.45, 2.75) is 43.7 Å². The van der Waals surface area contributed by atoms with Gasteiger partial charge in [-0.25, -0.2) is 0 Å². The molecular weight excluding hydrogens is 278 g/mol. The highest BCUT2D eigenvalue weighted by Crippen LogP contribution is 2.42. The van der Waals surface area contributed by atoms with Crippen molar-refractivity contribution in [1.29, 1.82) is 0 Å². The lowest BCUT2D eigenvalue weighted by molar-refractivity contribution is 0.438. The summed E-state index contributed by atoms with van der Waals surface area (Å²) in [7, 11) is 0. The van der Waals surface area contributed by atoms with Gasteiger partial charge < -0.3 is 5.32 Å². The van der Waals surface area contributed by atoms with Crippen molar-refractivity contribution in [3.8, 4) is 0 Å². The van der Waals surface area contributed by atoms with E-state index in [1.165, 1.54) is 42.4 Å². The SMILES string of the molecule is Cl.c1ccc([C@@H]2CC[C@H](NC3CC3)c3ccccc32)cc1. The summed E-state index contributed by atoms with van der Waals surface area (Å²) in [6.45, 7) is 0. The molecule has 0 aromatic heterocycles. The molecule has 2 atom stereocenters. The van der Waals surface area contributed by atoms with Crippen LogP contribution in [-0.4, -0.2) is 6.04 Å². The highest BCUT2D eigenvalue weighted by Gasteiger charge is 2.31. The third kappa shape index (κ3) is 3.00. The van der Waals surface area contributed by atoms with Crippen LogP contribution in [0.1, 0.15) is 54.3 Å². The largest absolute Gasteiger partial charge is 0.307 e. The second kappa shape index (κ2) is 6.21. The smallest absolute Gasteiger partial charge is 0.0325 e. The summed E-state index contributed by atoms with van der Waals surface area (Å²) in [6, 6.07) is 21.3. The molecule has 0 aliphatic heterocycles. The summed E-state index contributed by atoms with van der Waals surface area (Å²) in [4.78, 5) is 0. The third-order valence-corrected chi connectivity index (χ3v) is 4.71. The molecule has 0 unspecified atom stereocenters. The van der Waals surface area contributed by atoms with Gasteiger partial charge in [0, 0.05) is 18.0 Å². The molecule has 0 spiro atoms. The average molecular weight is 300 g/mol. The molecule has 0 bridgehead atoms. The number of hydrogen-bond acceptors (Lipinski definition) is 1. The summed E-state index contributed by atoms with van der Waals surface area (Å²) in [6.07, 6.45) is 5.24. The Balaban J connectivity index is 0.00000132. The van der Waals surface area contributed by atoms with Crippen LogP contribution in [0.15, 0.2) is 54.6 Å². The lowest BCUT2D eigenvalue weighted by Gasteiger charge is -2.32. The van der Waals surface area contributed by atoms with Gasteiger partial charge in [-0.15, -0.1) is 12.4 Å². The molecule has 2 heteroatoms. The minimum absolute atomic E-state index is 0. The zero-order valence-electron chi connectivity index (χ0n) is 12.2. The second-order valence-corrected chi connectivity index (χ2v) is 6.16. The monoisotopic (exact) mass is 299 g/mol. The van der Waals surface area contributed by atoms with Crippen LogP contribution in [-0.2, 0) is 0 Å². The number of hydrogen-bond donors (Lipinski definition) is 1. The molecule has 2 aromatic rings. The molecule has 110 valence electrons. The van der Waals surface area contributed by atoms with Crippen LogP contribution in [0.3, 0.4) is 0 Å². The molecule has 1 N–H and O–H groups in total. The fourth-order valence-corrected chi connectivity index (χ4v) is 3.53. The Kier molecular flexibility index (Phi) is 4.32. The number of benzene rings is 2. The predicted molar refractivity (Wildman–Crippen MR) is 90.1 cm³/mol. The first-order chi connectivity index (χ1) is 9.92. The van der Waals surface area contributed by atoms with Crippen molar-refractivity contribution >= 4 is 12.4 Å². The summed E-state index contributed by atoms with van der Waals surface area (Å²) in [5.74, 6) is 0.574. The first-order valence-corrected chi connectivity index (χ1v) is 7.81. The van der Waals surface area contributed by atoms with E-state index in [1.807, 2.05) is 0 Å². The second-order valence-electron chi connectivity index (χ2n) is 6.16. The predicted octanol–water partition coefficient (Wildman–Crippen LogP) is 4.83. The van der Waals surface area contributed by atoms with E-state index in [0.29, 0.717) is 12.0 Å². The van der Waals surface area contributed by atoms with Crippen molar-refractivity contribution in [1.82, 2.24) is 5.32 Å². The van der Waals surface area contributed by atoms with E-state index in [1.54, 1.807) is 0 Å². The van der Waals surface area contributed by atoms with Crippen LogP contribution in [0, 0.1) is 0 Å². The molecule has 1 fully saturated rings. The Hall–Kier alpha value is -1.31. The molecule has 0 radical (unpaired) electrons. The maximum absolute atomic E-state index is 3.82. The maximum atomic E-state index is 3.82. The van der Waals surface area contributed by atoms with Gasteiger partial charge in [0.2, 0.25) is 0 Å². The van der Waals surface area contributed by atoms with Crippen molar-refractivity contribution < 1.29 is 0 Å². The normalized spacial score (nSPS) is 24.0. The molecule has 1 nitrogen and oxygen atoms in total. The Labute approximate surface area is 133 Å². The van der Waals surface area contributed by atoms with Gasteiger partial charge in [-0.05, 0) is 42.4 Å². The Morgan fingerprint density at radius 1 is 0.714 bits per heavy atom. The Bertz CT molecular complexity index is 592. The van der Waals surface area contributed by atoms with Crippen LogP contribution in [0.5, 0.6) is 0 Å². The van der Waals surface area contributed by atoms with E-state index in [4.69, 9.17) is 0 Å². The van der Waals surface area contributed by atoms with Gasteiger partial charge in [-0.1, -0.05) is 54.6 Å². The van der Waals surface area contributed by atoms with E-state index in [2.05, 4.69) is 59.9 Å². The van der Waals surface area contributed by atoms with Crippen molar-refractivity contribution in [3.63, 3.8) is 0 Å². The number of halogens is 1. The fourth-order valence-electron chi connectivity index (χ4n) is 3.53. The zero-order valence-corrected chi connectivity index (χ0v) is 13.0. The maximum Gasteiger partial charge on any atom is 0.0325 e. The standard InChI is InChI=1S/C19H21N.ClH/c1-2-6-14(7-3-1)16-12-13-19(20-15-10-11-15)18-9-5-4-8-17(16)18;/h1-9,15-16,19-20H,10-13H2;1H/t16-,19-;/m0./s1. The molecule has 2 aliphatic rings. The average Bonchev–Trinajstić information content (AvgIpc) is 3.33. The van der Waals surface area contributed by atoms with Gasteiger partial charge in [-0.3, -0.25) is 0 Å². The van der Waals surface area contributed by atoms with Gasteiger partial charge in [0.15, 0.2) is 0 Å². The van der Waals surface area contributed by atoms with Crippen LogP contribution in [0.25, 0.3) is 0 Å². The minimum atomic E-state index is 0. The van der Waals surface area contributed by atoms with Gasteiger partial charge in [0.05, 0.1) is 0 Å². The van der Waals surface area contributed by atoms with Gasteiger partial charge in [0.25, 0.3) is 0 Å². The lowest BCUT2D eigenvalue weighted by atomic mass is 9.77. The molecule has 4 rings (SSSR count). The van der Waals surface area contributed by atoms with E-state index in [9.17, 15) is 0 Å². The van der Waals surface area contributed by atoms with Gasteiger partial charge in [0.1, 0.15) is 0 Å². The summed E-state index contributed by atoms with van der Waals surface area (Å²) in [5.41, 5.74) is 4.52. The molecular formula is C19H22ClN. The molecule has 1 saturated carbocycles. The Morgan fingerprint density at radius 2 is 1.38 bits per heavy atom. The first kappa shape index (κ1) is 14.6. The van der Waals surface area contributed by atoms with Crippen LogP contribution < -0.4 is 5.32 Å². The molecule has 0 saturated heterocycles. The summed E-state index contributed by atoms with van der Waals surface area (Å²) < 4.78 is 0. The molecule has 21 heavy (non-hydrogen) atoms. The molecule has 0 amide bonds. The van der Waals surface area contributed by atoms with Crippen LogP contribution in [0.2, 0.25) is 0 Å². The minimum Gasteiger partial charge on any atom is -0.307 e. The number of rotatable bonds is 3. The quantitative estimate of drug-likeness (QED) is 0.856. The highest BCUT2D eigenvalue weighted by atomic mass is 35.5. The Morgan fingerprint density at radius 3 is 2.10 bits per heavy atom. The zero-order chi connectivity index (χ0) is 13.4. The fraction of sp³-hybridized carbons (Fsp3) is 0.368. The molecule has 0 heterocycles. The molecule has 2 aliphatic carbocycles. The highest BCUT2D eigenvalue weighted by molar-refractivity contribution is 5.85. The topological polar surface area (TPSA) is 12.0 Å². The number of nitrogens with one attached hydrogen (secondary N) is 1. The van der Waals surface area contributed by atoms with Gasteiger partial charge in [-0.2, -0.15) is 0 Å². The first-order valence-electron chi connectivity index (χ1n) is 7.81. The number of fused-ring (bicyclic) bond motifs is 1. The van der Waals surface area contributed by atoms with Crippen LogP contribution >= 0.6 is 12.4 Å². The summed E-state index contributed by atoms with van der Waals surface area (Å²) >= 11 is 0. The van der Waals surface area contributed by atoms with Crippen LogP contribution in [0.4, 0.5) is 0 Å². The van der Waals surface area contributed by atoms with E-state index in [0.717, 1.165) is 6.04 Å².